The SMILES string of the molecule is CCCNC/C(=C/c1cccc(Cl)c1F)C1CCCCC1. The smallest absolute Gasteiger partial charge is 0.148 e. The van der Waals surface area contributed by atoms with Gasteiger partial charge in [0, 0.05) is 12.1 Å². The van der Waals surface area contributed by atoms with Crippen LogP contribution in [0.25, 0.3) is 6.08 Å². The Kier molecular flexibility index (Phi) is 6.72. The van der Waals surface area contributed by atoms with Crippen molar-refractivity contribution in [3.63, 3.8) is 0 Å². The largest absolute Gasteiger partial charge is 0.313 e. The van der Waals surface area contributed by atoms with E-state index in [-0.39, 0.29) is 10.8 Å². The zero-order valence-corrected chi connectivity index (χ0v) is 13.6. The van der Waals surface area contributed by atoms with Gasteiger partial charge < -0.3 is 5.32 Å². The van der Waals surface area contributed by atoms with E-state index in [1.54, 1.807) is 6.07 Å². The molecular formula is C18H25ClFN. The number of benzene rings is 1. The molecule has 0 atom stereocenters. The van der Waals surface area contributed by atoms with Crippen molar-refractivity contribution in [2.75, 3.05) is 13.1 Å². The third kappa shape index (κ3) is 4.82. The Labute approximate surface area is 132 Å². The minimum Gasteiger partial charge on any atom is -0.313 e. The summed E-state index contributed by atoms with van der Waals surface area (Å²) in [6, 6.07) is 5.23. The van der Waals surface area contributed by atoms with E-state index >= 15 is 0 Å². The Morgan fingerprint density at radius 2 is 2.10 bits per heavy atom. The molecule has 1 nitrogen and oxygen atoms in total. The second-order valence-electron chi connectivity index (χ2n) is 5.87. The minimum atomic E-state index is -0.303. The summed E-state index contributed by atoms with van der Waals surface area (Å²) in [7, 11) is 0. The second kappa shape index (κ2) is 8.55. The predicted molar refractivity (Wildman–Crippen MR) is 89.1 cm³/mol. The molecule has 0 bridgehead atoms. The summed E-state index contributed by atoms with van der Waals surface area (Å²) >= 11 is 5.89. The van der Waals surface area contributed by atoms with E-state index in [4.69, 9.17) is 11.6 Å². The molecule has 21 heavy (non-hydrogen) atoms. The molecule has 1 fully saturated rings. The van der Waals surface area contributed by atoms with Crippen LogP contribution in [0.2, 0.25) is 5.02 Å². The molecule has 1 aromatic rings. The van der Waals surface area contributed by atoms with Gasteiger partial charge in [0.1, 0.15) is 5.82 Å². The van der Waals surface area contributed by atoms with E-state index in [1.165, 1.54) is 37.7 Å². The van der Waals surface area contributed by atoms with E-state index in [1.807, 2.05) is 18.2 Å². The molecule has 2 rings (SSSR count). The van der Waals surface area contributed by atoms with Crippen molar-refractivity contribution in [2.45, 2.75) is 45.4 Å². The number of rotatable bonds is 6. The normalized spacial score (nSPS) is 17.2. The third-order valence-corrected chi connectivity index (χ3v) is 4.50. The third-order valence-electron chi connectivity index (χ3n) is 4.21. The van der Waals surface area contributed by atoms with Crippen LogP contribution in [0.4, 0.5) is 4.39 Å². The molecule has 1 saturated carbocycles. The Hall–Kier alpha value is -0.860. The Morgan fingerprint density at radius 1 is 1.33 bits per heavy atom. The summed E-state index contributed by atoms with van der Waals surface area (Å²) in [5.41, 5.74) is 1.94. The van der Waals surface area contributed by atoms with Crippen molar-refractivity contribution in [2.24, 2.45) is 5.92 Å². The quantitative estimate of drug-likeness (QED) is 0.690. The summed E-state index contributed by atoms with van der Waals surface area (Å²) < 4.78 is 14.1. The molecule has 116 valence electrons. The van der Waals surface area contributed by atoms with Crippen LogP contribution >= 0.6 is 11.6 Å². The number of hydrogen-bond acceptors (Lipinski definition) is 1. The maximum Gasteiger partial charge on any atom is 0.148 e. The van der Waals surface area contributed by atoms with Gasteiger partial charge in [0.25, 0.3) is 0 Å². The average molecular weight is 310 g/mol. The molecule has 0 amide bonds. The number of halogens is 2. The molecule has 3 heteroatoms. The first-order chi connectivity index (χ1) is 10.2. The molecule has 0 unspecified atom stereocenters. The topological polar surface area (TPSA) is 12.0 Å². The molecule has 0 spiro atoms. The van der Waals surface area contributed by atoms with Gasteiger partial charge in [-0.3, -0.25) is 0 Å². The minimum absolute atomic E-state index is 0.202. The number of nitrogens with one attached hydrogen (secondary N) is 1. The first-order valence-corrected chi connectivity index (χ1v) is 8.45. The highest BCUT2D eigenvalue weighted by Crippen LogP contribution is 2.31. The lowest BCUT2D eigenvalue weighted by Crippen LogP contribution is -2.23. The molecule has 0 aromatic heterocycles. The van der Waals surface area contributed by atoms with Crippen molar-refractivity contribution in [3.8, 4) is 0 Å². The molecule has 1 aliphatic carbocycles. The van der Waals surface area contributed by atoms with Crippen molar-refractivity contribution < 1.29 is 4.39 Å². The molecule has 1 aliphatic rings. The van der Waals surface area contributed by atoms with Gasteiger partial charge >= 0.3 is 0 Å². The first kappa shape index (κ1) is 16.5. The van der Waals surface area contributed by atoms with Crippen LogP contribution in [-0.2, 0) is 0 Å². The fourth-order valence-corrected chi connectivity index (χ4v) is 3.21. The highest BCUT2D eigenvalue weighted by Gasteiger charge is 2.18. The lowest BCUT2D eigenvalue weighted by Gasteiger charge is -2.25. The van der Waals surface area contributed by atoms with Crippen LogP contribution < -0.4 is 5.32 Å². The van der Waals surface area contributed by atoms with Crippen molar-refractivity contribution >= 4 is 17.7 Å². The van der Waals surface area contributed by atoms with Gasteiger partial charge in [0.15, 0.2) is 0 Å². The van der Waals surface area contributed by atoms with Crippen LogP contribution in [0, 0.1) is 11.7 Å². The van der Waals surface area contributed by atoms with Gasteiger partial charge in [0.05, 0.1) is 5.02 Å². The van der Waals surface area contributed by atoms with Crippen LogP contribution in [0.1, 0.15) is 51.0 Å². The Bertz CT molecular complexity index is 478. The second-order valence-corrected chi connectivity index (χ2v) is 6.28. The van der Waals surface area contributed by atoms with Crippen LogP contribution in [0.3, 0.4) is 0 Å². The van der Waals surface area contributed by atoms with Crippen LogP contribution in [0.5, 0.6) is 0 Å². The Balaban J connectivity index is 2.19. The zero-order valence-electron chi connectivity index (χ0n) is 12.8. The zero-order chi connectivity index (χ0) is 15.1. The summed E-state index contributed by atoms with van der Waals surface area (Å²) in [6.45, 7) is 4.01. The first-order valence-electron chi connectivity index (χ1n) is 8.07. The van der Waals surface area contributed by atoms with Crippen molar-refractivity contribution in [3.05, 3.63) is 40.2 Å². The summed E-state index contributed by atoms with van der Waals surface area (Å²) in [6.07, 6.45) is 9.48. The summed E-state index contributed by atoms with van der Waals surface area (Å²) in [4.78, 5) is 0. The Morgan fingerprint density at radius 3 is 2.81 bits per heavy atom. The average Bonchev–Trinajstić information content (AvgIpc) is 2.51. The molecule has 0 heterocycles. The molecule has 0 saturated heterocycles. The fraction of sp³-hybridized carbons (Fsp3) is 0.556. The van der Waals surface area contributed by atoms with Crippen molar-refractivity contribution in [1.82, 2.24) is 5.32 Å². The maximum absolute atomic E-state index is 14.1. The van der Waals surface area contributed by atoms with Gasteiger partial charge in [-0.05, 0) is 37.8 Å². The molecular weight excluding hydrogens is 285 g/mol. The maximum atomic E-state index is 14.1. The van der Waals surface area contributed by atoms with E-state index in [0.29, 0.717) is 11.5 Å². The van der Waals surface area contributed by atoms with E-state index in [2.05, 4.69) is 12.2 Å². The van der Waals surface area contributed by atoms with Gasteiger partial charge in [-0.15, -0.1) is 0 Å². The highest BCUT2D eigenvalue weighted by atomic mass is 35.5. The van der Waals surface area contributed by atoms with Crippen LogP contribution in [-0.4, -0.2) is 13.1 Å². The highest BCUT2D eigenvalue weighted by molar-refractivity contribution is 6.30. The van der Waals surface area contributed by atoms with E-state index < -0.39 is 0 Å². The van der Waals surface area contributed by atoms with Crippen LogP contribution in [0.15, 0.2) is 23.8 Å². The fourth-order valence-electron chi connectivity index (χ4n) is 3.03. The van der Waals surface area contributed by atoms with Gasteiger partial charge in [-0.2, -0.15) is 0 Å². The molecule has 1 aromatic carbocycles. The standard InChI is InChI=1S/C18H25ClFN/c1-2-11-21-13-16(14-7-4-3-5-8-14)12-15-9-6-10-17(19)18(15)20/h6,9-10,12,14,21H,2-5,7-8,11,13H2,1H3/b16-12-. The van der Waals surface area contributed by atoms with Gasteiger partial charge in [0.2, 0.25) is 0 Å². The van der Waals surface area contributed by atoms with E-state index in [0.717, 1.165) is 19.5 Å². The summed E-state index contributed by atoms with van der Waals surface area (Å²) in [5, 5.41) is 3.67. The molecule has 0 radical (unpaired) electrons. The molecule has 1 N–H and O–H groups in total. The van der Waals surface area contributed by atoms with Crippen molar-refractivity contribution in [1.29, 1.82) is 0 Å². The summed E-state index contributed by atoms with van der Waals surface area (Å²) in [5.74, 6) is 0.282. The number of hydrogen-bond donors (Lipinski definition) is 1. The lowest BCUT2D eigenvalue weighted by molar-refractivity contribution is 0.396. The predicted octanol–water partition coefficient (Wildman–Crippen LogP) is 5.44. The monoisotopic (exact) mass is 309 g/mol. The van der Waals surface area contributed by atoms with Gasteiger partial charge in [-0.1, -0.05) is 61.6 Å². The van der Waals surface area contributed by atoms with Gasteiger partial charge in [-0.25, -0.2) is 4.39 Å². The lowest BCUT2D eigenvalue weighted by atomic mass is 9.83. The van der Waals surface area contributed by atoms with E-state index in [9.17, 15) is 4.39 Å². The molecule has 0 aliphatic heterocycles.